The number of ketones is 2. The number of primary amides is 1. The van der Waals surface area contributed by atoms with Crippen molar-refractivity contribution < 1.29 is 39.5 Å². The van der Waals surface area contributed by atoms with Gasteiger partial charge in [-0.2, -0.15) is 0 Å². The van der Waals surface area contributed by atoms with Crippen molar-refractivity contribution in [2.24, 2.45) is 23.5 Å². The zero-order valence-electron chi connectivity index (χ0n) is 26.2. The third-order valence-corrected chi connectivity index (χ3v) is 9.59. The summed E-state index contributed by atoms with van der Waals surface area (Å²) in [5.41, 5.74) is 5.59. The maximum absolute atomic E-state index is 14.1. The summed E-state index contributed by atoms with van der Waals surface area (Å²) in [5, 5.41) is 48.9. The molecule has 0 aromatic heterocycles. The number of phenols is 1. The van der Waals surface area contributed by atoms with Gasteiger partial charge in [0.15, 0.2) is 11.4 Å². The molecule has 12 nitrogen and oxygen atoms in total. The van der Waals surface area contributed by atoms with Crippen LogP contribution in [0.5, 0.6) is 11.5 Å². The summed E-state index contributed by atoms with van der Waals surface area (Å²) in [7, 11) is 8.81. The zero-order chi connectivity index (χ0) is 33.0. The van der Waals surface area contributed by atoms with Crippen LogP contribution in [0.2, 0.25) is 0 Å². The molecule has 45 heavy (non-hydrogen) atoms. The second-order valence-corrected chi connectivity index (χ2v) is 12.8. The number of benzene rings is 2. The number of aliphatic hydroxyl groups excluding tert-OH is 2. The van der Waals surface area contributed by atoms with Crippen LogP contribution < -0.4 is 15.8 Å². The van der Waals surface area contributed by atoms with Gasteiger partial charge in [0.25, 0.3) is 0 Å². The summed E-state index contributed by atoms with van der Waals surface area (Å²) in [4.78, 5) is 43.6. The number of nitrogens with one attached hydrogen (secondary N) is 1. The van der Waals surface area contributed by atoms with Gasteiger partial charge in [0.2, 0.25) is 11.7 Å². The number of fused-ring (bicyclic) bond motifs is 3. The quantitative estimate of drug-likeness (QED) is 0.169. The first-order chi connectivity index (χ1) is 21.2. The summed E-state index contributed by atoms with van der Waals surface area (Å²) in [5.74, 6) is -7.17. The molecule has 6 atom stereocenters. The number of likely N-dealkylation sites (N-methyl/N-ethyl adjacent to an activating group) is 2. The van der Waals surface area contributed by atoms with Gasteiger partial charge in [0.05, 0.1) is 18.8 Å². The van der Waals surface area contributed by atoms with Crippen LogP contribution in [-0.4, -0.2) is 114 Å². The topological polar surface area (TPSA) is 186 Å². The van der Waals surface area contributed by atoms with Crippen LogP contribution in [0.1, 0.15) is 23.1 Å². The average molecular weight is 623 g/mol. The molecule has 2 fully saturated rings. The van der Waals surface area contributed by atoms with Crippen LogP contribution in [0.4, 0.5) is 0 Å². The maximum Gasteiger partial charge on any atom is 0.230 e. The van der Waals surface area contributed by atoms with Gasteiger partial charge < -0.3 is 46.0 Å². The molecule has 12 heteroatoms. The largest absolute Gasteiger partial charge is 0.507 e. The van der Waals surface area contributed by atoms with E-state index in [-0.39, 0.29) is 29.7 Å². The first-order valence-electron chi connectivity index (χ1n) is 15.0. The normalized spacial score (nSPS) is 27.8. The molecule has 242 valence electrons. The fraction of sp³-hybridized carbons (Fsp3) is 0.485. The van der Waals surface area contributed by atoms with Gasteiger partial charge in [-0.25, -0.2) is 0 Å². The summed E-state index contributed by atoms with van der Waals surface area (Å²) in [6.45, 7) is 2.27. The Labute approximate surface area is 262 Å². The van der Waals surface area contributed by atoms with Crippen molar-refractivity contribution >= 4 is 23.2 Å². The molecule has 2 saturated carbocycles. The van der Waals surface area contributed by atoms with Crippen molar-refractivity contribution in [1.82, 2.24) is 15.1 Å². The Morgan fingerprint density at radius 3 is 2.44 bits per heavy atom. The smallest absolute Gasteiger partial charge is 0.230 e. The Hall–Kier alpha value is -3.81. The molecule has 0 bridgehead atoms. The van der Waals surface area contributed by atoms with Gasteiger partial charge in [-0.05, 0) is 81.8 Å². The monoisotopic (exact) mass is 622 g/mol. The number of hydrogen-bond donors (Lipinski definition) is 6. The number of amides is 1. The first kappa shape index (κ1) is 32.6. The predicted octanol–water partition coefficient (Wildman–Crippen LogP) is 0.456. The van der Waals surface area contributed by atoms with Crippen molar-refractivity contribution in [2.45, 2.75) is 37.1 Å². The maximum atomic E-state index is 14.1. The predicted molar refractivity (Wildman–Crippen MR) is 166 cm³/mol. The van der Waals surface area contributed by atoms with E-state index >= 15 is 0 Å². The van der Waals surface area contributed by atoms with Gasteiger partial charge >= 0.3 is 0 Å². The van der Waals surface area contributed by atoms with Gasteiger partial charge in [0, 0.05) is 42.7 Å². The number of aromatic hydroxyl groups is 1. The lowest BCUT2D eigenvalue weighted by Crippen LogP contribution is -2.73. The van der Waals surface area contributed by atoms with E-state index in [1.807, 2.05) is 32.3 Å². The van der Waals surface area contributed by atoms with Crippen molar-refractivity contribution in [3.05, 3.63) is 52.6 Å². The Morgan fingerprint density at radius 1 is 1.11 bits per heavy atom. The molecule has 0 saturated heterocycles. The third-order valence-electron chi connectivity index (χ3n) is 9.59. The number of carbonyl (C=O) groups is 3. The van der Waals surface area contributed by atoms with Gasteiger partial charge in [-0.1, -0.05) is 12.1 Å². The van der Waals surface area contributed by atoms with E-state index in [4.69, 9.17) is 10.5 Å². The van der Waals surface area contributed by atoms with E-state index in [2.05, 4.69) is 10.2 Å². The molecule has 5 rings (SSSR count). The fourth-order valence-corrected chi connectivity index (χ4v) is 7.47. The van der Waals surface area contributed by atoms with Crippen LogP contribution in [-0.2, 0) is 27.3 Å². The number of ether oxygens (including phenoxy) is 1. The molecular formula is C33H42N4O8. The van der Waals surface area contributed by atoms with E-state index < -0.39 is 58.7 Å². The highest BCUT2D eigenvalue weighted by Crippen LogP contribution is 2.53. The number of carbonyl (C=O) groups excluding carboxylic acids is 3. The van der Waals surface area contributed by atoms with Crippen LogP contribution in [0, 0.1) is 17.8 Å². The number of phenolic OH excluding ortho intramolecular Hbond substituents is 1. The second-order valence-electron chi connectivity index (χ2n) is 12.8. The van der Waals surface area contributed by atoms with Crippen molar-refractivity contribution in [3.63, 3.8) is 0 Å². The van der Waals surface area contributed by atoms with E-state index in [1.165, 1.54) is 6.07 Å². The Kier molecular flexibility index (Phi) is 8.82. The minimum absolute atomic E-state index is 0.0321. The van der Waals surface area contributed by atoms with E-state index in [0.29, 0.717) is 23.4 Å². The fourth-order valence-electron chi connectivity index (χ4n) is 7.47. The molecule has 2 aromatic rings. The van der Waals surface area contributed by atoms with Crippen LogP contribution in [0.25, 0.3) is 16.9 Å². The number of Topliss-reactive ketones (excluding diaryl/α,β-unsaturated/α-hetero) is 2. The molecule has 7 N–H and O–H groups in total. The molecule has 3 aliphatic rings. The minimum Gasteiger partial charge on any atom is -0.507 e. The standard InChI is InChI=1S/C33H42N4O8/c1-36(2)11-10-35-15-16-6-9-23(45-5)19(12-16)18-7-8-22(38)25-20(18)13-17-14-21-27(37(3)4)29(40)26(32(34)43)31(42)33(21,44)30(41)24(17)28(25)39/h6-9,12,17,21,26-27,29,35,38-40,44H,10-11,13-15H2,1-5H3,(H2,34,43)/t17-,21-,26?,27-,29?,33-/m1/s1. The van der Waals surface area contributed by atoms with Crippen LogP contribution in [0.15, 0.2) is 35.9 Å². The second kappa shape index (κ2) is 12.2. The Bertz CT molecular complexity index is 1570. The number of nitrogens with zero attached hydrogens (tertiary/aromatic N) is 2. The van der Waals surface area contributed by atoms with Crippen molar-refractivity contribution in [2.75, 3.05) is 48.4 Å². The molecule has 2 unspecified atom stereocenters. The average Bonchev–Trinajstić information content (AvgIpc) is 2.97. The van der Waals surface area contributed by atoms with Crippen LogP contribution in [0.3, 0.4) is 0 Å². The summed E-state index contributed by atoms with van der Waals surface area (Å²) >= 11 is 0. The number of aliphatic hydroxyl groups is 3. The lowest BCUT2D eigenvalue weighted by Gasteiger charge is -2.53. The first-order valence-corrected chi connectivity index (χ1v) is 15.0. The number of methoxy groups -OCH3 is 1. The SMILES string of the molecule is COc1ccc(CNCCN(C)C)cc1-c1ccc(O)c2c1C[C@@H]1C[C@@H]3[C@@H](N(C)C)C(O)C(C(N)=O)C(=O)[C@]3(O)C(=O)C1=C2O. The van der Waals surface area contributed by atoms with Crippen molar-refractivity contribution in [1.29, 1.82) is 0 Å². The van der Waals surface area contributed by atoms with Gasteiger partial charge in [-0.3, -0.25) is 14.4 Å². The molecular weight excluding hydrogens is 580 g/mol. The summed E-state index contributed by atoms with van der Waals surface area (Å²) < 4.78 is 5.70. The highest BCUT2D eigenvalue weighted by molar-refractivity contribution is 6.25. The lowest BCUT2D eigenvalue weighted by atomic mass is 9.54. The van der Waals surface area contributed by atoms with Crippen LogP contribution >= 0.6 is 0 Å². The Morgan fingerprint density at radius 2 is 1.82 bits per heavy atom. The van der Waals surface area contributed by atoms with E-state index in [9.17, 15) is 34.8 Å². The lowest BCUT2D eigenvalue weighted by molar-refractivity contribution is -0.184. The van der Waals surface area contributed by atoms with Crippen molar-refractivity contribution in [3.8, 4) is 22.6 Å². The van der Waals surface area contributed by atoms with Gasteiger partial charge in [-0.15, -0.1) is 0 Å². The molecule has 3 aliphatic carbocycles. The number of hydrogen-bond acceptors (Lipinski definition) is 11. The molecule has 0 spiro atoms. The highest BCUT2D eigenvalue weighted by Gasteiger charge is 2.67. The molecule has 0 aliphatic heterocycles. The number of nitrogens with two attached hydrogens (primary N) is 1. The Balaban J connectivity index is 1.62. The molecule has 2 aromatic carbocycles. The zero-order valence-corrected chi connectivity index (χ0v) is 26.2. The van der Waals surface area contributed by atoms with Gasteiger partial charge in [0.1, 0.15) is 23.2 Å². The highest BCUT2D eigenvalue weighted by atomic mass is 16.5. The third kappa shape index (κ3) is 5.30. The molecule has 0 heterocycles. The summed E-state index contributed by atoms with van der Waals surface area (Å²) in [6.07, 6.45) is -1.31. The van der Waals surface area contributed by atoms with E-state index in [0.717, 1.165) is 24.2 Å². The molecule has 1 amide bonds. The molecule has 0 radical (unpaired) electrons. The van der Waals surface area contributed by atoms with E-state index in [1.54, 1.807) is 32.2 Å². The minimum atomic E-state index is -2.70. The number of rotatable bonds is 9. The summed E-state index contributed by atoms with van der Waals surface area (Å²) in [6, 6.07) is 8.00.